The second kappa shape index (κ2) is 4.33. The highest BCUT2D eigenvalue weighted by Gasteiger charge is 2.14. The van der Waals surface area contributed by atoms with E-state index in [0.29, 0.717) is 11.3 Å². The monoisotopic (exact) mass is 294 g/mol. The molecule has 2 rings (SSSR count). The van der Waals surface area contributed by atoms with Gasteiger partial charge in [-0.25, -0.2) is 4.79 Å². The summed E-state index contributed by atoms with van der Waals surface area (Å²) in [5.41, 5.74) is 8.43. The minimum atomic E-state index is -0.475. The van der Waals surface area contributed by atoms with Crippen molar-refractivity contribution in [1.29, 1.82) is 0 Å². The number of nitrogen functional groups attached to an aromatic ring is 1. The molecule has 0 amide bonds. The zero-order valence-electron chi connectivity index (χ0n) is 9.45. The molecule has 17 heavy (non-hydrogen) atoms. The van der Waals surface area contributed by atoms with E-state index in [-0.39, 0.29) is 0 Å². The van der Waals surface area contributed by atoms with E-state index in [0.717, 1.165) is 20.9 Å². The molecule has 0 aliphatic carbocycles. The molecule has 0 aliphatic heterocycles. The molecule has 2 N–H and O–H groups in total. The third-order valence-electron chi connectivity index (χ3n) is 2.67. The van der Waals surface area contributed by atoms with Crippen LogP contribution in [0.3, 0.4) is 0 Å². The van der Waals surface area contributed by atoms with Crippen molar-refractivity contribution in [3.63, 3.8) is 0 Å². The smallest absolute Gasteiger partial charge is 0.341 e. The highest BCUT2D eigenvalue weighted by Crippen LogP contribution is 2.29. The van der Waals surface area contributed by atoms with Crippen LogP contribution in [0.4, 0.5) is 5.69 Å². The van der Waals surface area contributed by atoms with Crippen LogP contribution in [0.15, 0.2) is 22.8 Å². The van der Waals surface area contributed by atoms with E-state index in [2.05, 4.69) is 25.7 Å². The Morgan fingerprint density at radius 1 is 1.47 bits per heavy atom. The van der Waals surface area contributed by atoms with Crippen LogP contribution in [0.1, 0.15) is 15.9 Å². The Balaban J connectivity index is 2.77. The SMILES string of the molecule is COC(=O)c1cnc2c(C)c(Br)ccc2c1N. The van der Waals surface area contributed by atoms with Crippen LogP contribution in [0.5, 0.6) is 0 Å². The van der Waals surface area contributed by atoms with Crippen LogP contribution in [-0.2, 0) is 4.74 Å². The molecule has 1 heterocycles. The van der Waals surface area contributed by atoms with Crippen molar-refractivity contribution in [3.05, 3.63) is 33.9 Å². The van der Waals surface area contributed by atoms with Gasteiger partial charge in [-0.3, -0.25) is 4.98 Å². The number of hydrogen-bond donors (Lipinski definition) is 1. The van der Waals surface area contributed by atoms with E-state index in [1.807, 2.05) is 19.1 Å². The van der Waals surface area contributed by atoms with Crippen molar-refractivity contribution in [2.75, 3.05) is 12.8 Å². The summed E-state index contributed by atoms with van der Waals surface area (Å²) in [6, 6.07) is 3.72. The molecule has 2 aromatic rings. The van der Waals surface area contributed by atoms with Crippen molar-refractivity contribution in [2.45, 2.75) is 6.92 Å². The summed E-state index contributed by atoms with van der Waals surface area (Å²) in [6.07, 6.45) is 1.45. The fourth-order valence-electron chi connectivity index (χ4n) is 1.68. The van der Waals surface area contributed by atoms with Gasteiger partial charge in [0.2, 0.25) is 0 Å². The summed E-state index contributed by atoms with van der Waals surface area (Å²) in [4.78, 5) is 15.7. The Bertz CT molecular complexity index is 611. The first-order valence-electron chi connectivity index (χ1n) is 4.98. The van der Waals surface area contributed by atoms with Gasteiger partial charge in [-0.15, -0.1) is 0 Å². The predicted molar refractivity (Wildman–Crippen MR) is 69.9 cm³/mol. The van der Waals surface area contributed by atoms with Crippen molar-refractivity contribution >= 4 is 38.5 Å². The standard InChI is InChI=1S/C12H11BrN2O2/c1-6-9(13)4-3-7-10(14)8(12(16)17-2)5-15-11(6)7/h3-5H,1-2H3,(H2,14,15). The van der Waals surface area contributed by atoms with Crippen LogP contribution in [-0.4, -0.2) is 18.1 Å². The van der Waals surface area contributed by atoms with Crippen LogP contribution in [0.25, 0.3) is 10.9 Å². The number of fused-ring (bicyclic) bond motifs is 1. The summed E-state index contributed by atoms with van der Waals surface area (Å²) in [6.45, 7) is 1.94. The minimum absolute atomic E-state index is 0.293. The Morgan fingerprint density at radius 3 is 2.82 bits per heavy atom. The Morgan fingerprint density at radius 2 is 2.18 bits per heavy atom. The number of hydrogen-bond acceptors (Lipinski definition) is 4. The molecule has 0 radical (unpaired) electrons. The summed E-state index contributed by atoms with van der Waals surface area (Å²) >= 11 is 3.43. The van der Waals surface area contributed by atoms with Gasteiger partial charge in [0.15, 0.2) is 0 Å². The van der Waals surface area contributed by atoms with Gasteiger partial charge in [-0.1, -0.05) is 15.9 Å². The Labute approximate surface area is 107 Å². The fourth-order valence-corrected chi connectivity index (χ4v) is 2.00. The highest BCUT2D eigenvalue weighted by molar-refractivity contribution is 9.10. The van der Waals surface area contributed by atoms with Gasteiger partial charge >= 0.3 is 5.97 Å². The van der Waals surface area contributed by atoms with E-state index in [4.69, 9.17) is 5.73 Å². The molecule has 0 unspecified atom stereocenters. The van der Waals surface area contributed by atoms with Crippen molar-refractivity contribution < 1.29 is 9.53 Å². The number of aromatic nitrogens is 1. The summed E-state index contributed by atoms with van der Waals surface area (Å²) in [7, 11) is 1.32. The number of rotatable bonds is 1. The number of nitrogens with two attached hydrogens (primary N) is 1. The number of carbonyl (C=O) groups excluding carboxylic acids is 1. The lowest BCUT2D eigenvalue weighted by Gasteiger charge is -2.09. The van der Waals surface area contributed by atoms with Crippen molar-refractivity contribution in [1.82, 2.24) is 4.98 Å². The summed E-state index contributed by atoms with van der Waals surface area (Å²) in [5, 5.41) is 0.758. The molecule has 4 nitrogen and oxygen atoms in total. The molecule has 5 heteroatoms. The maximum Gasteiger partial charge on any atom is 0.341 e. The van der Waals surface area contributed by atoms with Crippen molar-refractivity contribution in [2.24, 2.45) is 0 Å². The number of pyridine rings is 1. The molecule has 1 aromatic heterocycles. The van der Waals surface area contributed by atoms with Gasteiger partial charge in [-0.05, 0) is 24.6 Å². The average Bonchev–Trinajstić information content (AvgIpc) is 2.33. The maximum absolute atomic E-state index is 11.5. The summed E-state index contributed by atoms with van der Waals surface area (Å²) < 4.78 is 5.61. The number of ether oxygens (including phenoxy) is 1. The molecule has 0 bridgehead atoms. The highest BCUT2D eigenvalue weighted by atomic mass is 79.9. The molecular formula is C12H11BrN2O2. The lowest BCUT2D eigenvalue weighted by atomic mass is 10.1. The summed E-state index contributed by atoms with van der Waals surface area (Å²) in [5.74, 6) is -0.475. The molecule has 0 spiro atoms. The van der Waals surface area contributed by atoms with Gasteiger partial charge in [0.25, 0.3) is 0 Å². The number of benzene rings is 1. The number of esters is 1. The first-order chi connectivity index (χ1) is 8.06. The predicted octanol–water partition coefficient (Wildman–Crippen LogP) is 2.67. The van der Waals surface area contributed by atoms with Gasteiger partial charge < -0.3 is 10.5 Å². The quantitative estimate of drug-likeness (QED) is 0.821. The molecular weight excluding hydrogens is 284 g/mol. The average molecular weight is 295 g/mol. The first kappa shape index (κ1) is 11.9. The van der Waals surface area contributed by atoms with Gasteiger partial charge in [0.05, 0.1) is 18.3 Å². The fraction of sp³-hybridized carbons (Fsp3) is 0.167. The van der Waals surface area contributed by atoms with Crippen molar-refractivity contribution in [3.8, 4) is 0 Å². The second-order valence-electron chi connectivity index (χ2n) is 3.65. The Hall–Kier alpha value is -1.62. The Kier molecular flexibility index (Phi) is 3.02. The zero-order valence-corrected chi connectivity index (χ0v) is 11.0. The minimum Gasteiger partial charge on any atom is -0.465 e. The number of nitrogens with zero attached hydrogens (tertiary/aromatic N) is 1. The molecule has 0 aliphatic rings. The lowest BCUT2D eigenvalue weighted by molar-refractivity contribution is 0.0601. The number of carbonyl (C=O) groups is 1. The molecule has 1 aromatic carbocycles. The van der Waals surface area contributed by atoms with Gasteiger partial charge in [0, 0.05) is 16.1 Å². The molecule has 0 atom stereocenters. The van der Waals surface area contributed by atoms with Crippen LogP contribution < -0.4 is 5.73 Å². The third kappa shape index (κ3) is 1.86. The van der Waals surface area contributed by atoms with Gasteiger partial charge in [-0.2, -0.15) is 0 Å². The number of anilines is 1. The molecule has 0 saturated carbocycles. The molecule has 0 fully saturated rings. The van der Waals surface area contributed by atoms with E-state index in [1.165, 1.54) is 13.3 Å². The lowest BCUT2D eigenvalue weighted by Crippen LogP contribution is -2.07. The van der Waals surface area contributed by atoms with Gasteiger partial charge in [0.1, 0.15) is 5.56 Å². The second-order valence-corrected chi connectivity index (χ2v) is 4.50. The topological polar surface area (TPSA) is 65.2 Å². The number of aryl methyl sites for hydroxylation is 1. The normalized spacial score (nSPS) is 10.5. The number of halogens is 1. The first-order valence-corrected chi connectivity index (χ1v) is 5.77. The molecule has 88 valence electrons. The van der Waals surface area contributed by atoms with Crippen LogP contribution in [0.2, 0.25) is 0 Å². The van der Waals surface area contributed by atoms with E-state index in [1.54, 1.807) is 0 Å². The zero-order chi connectivity index (χ0) is 12.6. The van der Waals surface area contributed by atoms with E-state index < -0.39 is 5.97 Å². The number of methoxy groups -OCH3 is 1. The van der Waals surface area contributed by atoms with Crippen LogP contribution in [0, 0.1) is 6.92 Å². The third-order valence-corrected chi connectivity index (χ3v) is 3.53. The maximum atomic E-state index is 11.5. The van der Waals surface area contributed by atoms with Crippen LogP contribution >= 0.6 is 15.9 Å². The van der Waals surface area contributed by atoms with E-state index >= 15 is 0 Å². The molecule has 0 saturated heterocycles. The van der Waals surface area contributed by atoms with E-state index in [9.17, 15) is 4.79 Å². The largest absolute Gasteiger partial charge is 0.465 e.